The molecular weight excluding hydrogens is 459 g/mol. The lowest BCUT2D eigenvalue weighted by Gasteiger charge is -2.21. The van der Waals surface area contributed by atoms with Crippen LogP contribution in [0.25, 0.3) is 0 Å². The number of carbonyl (C=O) groups excluding carboxylic acids is 1. The molecule has 0 spiro atoms. The van der Waals surface area contributed by atoms with E-state index in [2.05, 4.69) is 9.97 Å². The SMILES string of the molecule is Cc1cc(C)c(Oc2nc(C(C)(C)C)ccc2C(=O)NS(=O)(=O)c2nc(N)ccc2F)c(C)c1. The molecule has 3 rings (SSSR count). The van der Waals surface area contributed by atoms with Crippen LogP contribution in [0.15, 0.2) is 41.4 Å². The molecule has 3 aromatic rings. The lowest BCUT2D eigenvalue weighted by molar-refractivity contribution is 0.0978. The van der Waals surface area contributed by atoms with Crippen LogP contribution in [0.3, 0.4) is 0 Å². The van der Waals surface area contributed by atoms with Crippen molar-refractivity contribution in [2.45, 2.75) is 52.0 Å². The van der Waals surface area contributed by atoms with E-state index in [1.165, 1.54) is 6.07 Å². The highest BCUT2D eigenvalue weighted by Crippen LogP contribution is 2.33. The smallest absolute Gasteiger partial charge is 0.284 e. The summed E-state index contributed by atoms with van der Waals surface area (Å²) in [6, 6.07) is 8.86. The maximum Gasteiger partial charge on any atom is 0.284 e. The zero-order valence-electron chi connectivity index (χ0n) is 19.9. The molecule has 10 heteroatoms. The van der Waals surface area contributed by atoms with Crippen molar-refractivity contribution in [3.63, 3.8) is 0 Å². The number of sulfonamides is 1. The van der Waals surface area contributed by atoms with Gasteiger partial charge in [0.25, 0.3) is 15.9 Å². The monoisotopic (exact) mass is 486 g/mol. The number of hydrogen-bond donors (Lipinski definition) is 2. The van der Waals surface area contributed by atoms with Gasteiger partial charge in [0.2, 0.25) is 10.9 Å². The van der Waals surface area contributed by atoms with Crippen molar-refractivity contribution in [1.29, 1.82) is 0 Å². The lowest BCUT2D eigenvalue weighted by Crippen LogP contribution is -2.32. The molecule has 0 fully saturated rings. The number of ether oxygens (including phenoxy) is 1. The highest BCUT2D eigenvalue weighted by Gasteiger charge is 2.28. The van der Waals surface area contributed by atoms with E-state index in [-0.39, 0.29) is 22.7 Å². The van der Waals surface area contributed by atoms with Crippen LogP contribution in [0.5, 0.6) is 11.6 Å². The predicted molar refractivity (Wildman–Crippen MR) is 127 cm³/mol. The fraction of sp³-hybridized carbons (Fsp3) is 0.292. The zero-order chi connectivity index (χ0) is 25.4. The molecule has 34 heavy (non-hydrogen) atoms. The number of anilines is 1. The third-order valence-corrected chi connectivity index (χ3v) is 6.24. The molecule has 3 N–H and O–H groups in total. The van der Waals surface area contributed by atoms with Crippen LogP contribution in [0, 0.1) is 26.6 Å². The Hall–Kier alpha value is -3.53. The summed E-state index contributed by atoms with van der Waals surface area (Å²) < 4.78 is 47.4. The Balaban J connectivity index is 2.07. The van der Waals surface area contributed by atoms with Crippen molar-refractivity contribution in [2.24, 2.45) is 0 Å². The largest absolute Gasteiger partial charge is 0.438 e. The van der Waals surface area contributed by atoms with Gasteiger partial charge in [0.15, 0.2) is 5.82 Å². The van der Waals surface area contributed by atoms with Crippen LogP contribution in [-0.2, 0) is 15.4 Å². The Bertz CT molecular complexity index is 1360. The van der Waals surface area contributed by atoms with Crippen LogP contribution in [-0.4, -0.2) is 24.3 Å². The first-order valence-corrected chi connectivity index (χ1v) is 11.9. The van der Waals surface area contributed by atoms with E-state index in [0.29, 0.717) is 11.4 Å². The molecule has 0 saturated heterocycles. The number of pyridine rings is 2. The Morgan fingerprint density at radius 2 is 1.65 bits per heavy atom. The summed E-state index contributed by atoms with van der Waals surface area (Å²) in [5.74, 6) is -1.97. The average Bonchev–Trinajstić information content (AvgIpc) is 2.71. The number of aromatic nitrogens is 2. The van der Waals surface area contributed by atoms with Crippen molar-refractivity contribution in [1.82, 2.24) is 14.7 Å². The Kier molecular flexibility index (Phi) is 6.66. The van der Waals surface area contributed by atoms with Gasteiger partial charge in [-0.15, -0.1) is 0 Å². The summed E-state index contributed by atoms with van der Waals surface area (Å²) in [5.41, 5.74) is 8.30. The Labute approximate surface area is 198 Å². The van der Waals surface area contributed by atoms with Gasteiger partial charge < -0.3 is 10.5 Å². The van der Waals surface area contributed by atoms with Gasteiger partial charge in [0.1, 0.15) is 17.1 Å². The normalized spacial score (nSPS) is 11.9. The van der Waals surface area contributed by atoms with Crippen molar-refractivity contribution < 1.29 is 22.3 Å². The molecule has 0 radical (unpaired) electrons. The number of nitrogens with zero attached hydrogens (tertiary/aromatic N) is 2. The second-order valence-electron chi connectivity index (χ2n) is 9.09. The Morgan fingerprint density at radius 1 is 1.03 bits per heavy atom. The van der Waals surface area contributed by atoms with Crippen LogP contribution in [0.2, 0.25) is 0 Å². The average molecular weight is 487 g/mol. The molecule has 8 nitrogen and oxygen atoms in total. The molecule has 1 aromatic carbocycles. The molecule has 0 unspecified atom stereocenters. The van der Waals surface area contributed by atoms with Gasteiger partial charge in [0, 0.05) is 11.1 Å². The summed E-state index contributed by atoms with van der Waals surface area (Å²) in [7, 11) is -4.66. The van der Waals surface area contributed by atoms with Gasteiger partial charge in [-0.3, -0.25) is 4.79 Å². The van der Waals surface area contributed by atoms with Gasteiger partial charge >= 0.3 is 0 Å². The lowest BCUT2D eigenvalue weighted by atomic mass is 9.91. The maximum absolute atomic E-state index is 14.1. The van der Waals surface area contributed by atoms with Crippen molar-refractivity contribution in [3.8, 4) is 11.6 Å². The summed E-state index contributed by atoms with van der Waals surface area (Å²) in [4.78, 5) is 21.1. The molecule has 0 bridgehead atoms. The van der Waals surface area contributed by atoms with Crippen molar-refractivity contribution >= 4 is 21.7 Å². The molecule has 2 aromatic heterocycles. The molecular formula is C24H27FN4O4S. The fourth-order valence-electron chi connectivity index (χ4n) is 3.38. The summed E-state index contributed by atoms with van der Waals surface area (Å²) in [5, 5.41) is -0.979. The van der Waals surface area contributed by atoms with E-state index in [0.717, 1.165) is 28.8 Å². The van der Waals surface area contributed by atoms with Gasteiger partial charge in [0.05, 0.1) is 0 Å². The van der Waals surface area contributed by atoms with Crippen LogP contribution < -0.4 is 15.2 Å². The van der Waals surface area contributed by atoms with Crippen LogP contribution >= 0.6 is 0 Å². The van der Waals surface area contributed by atoms with Gasteiger partial charge in [-0.25, -0.2) is 19.1 Å². The molecule has 2 heterocycles. The third-order valence-electron chi connectivity index (χ3n) is 4.99. The van der Waals surface area contributed by atoms with Crippen LogP contribution in [0.4, 0.5) is 10.2 Å². The number of rotatable bonds is 5. The van der Waals surface area contributed by atoms with E-state index in [4.69, 9.17) is 10.5 Å². The minimum atomic E-state index is -4.66. The summed E-state index contributed by atoms with van der Waals surface area (Å²) >= 11 is 0. The number of hydrogen-bond acceptors (Lipinski definition) is 7. The first-order chi connectivity index (χ1) is 15.7. The number of amides is 1. The minimum Gasteiger partial charge on any atom is -0.438 e. The number of carbonyl (C=O) groups is 1. The number of nitrogens with two attached hydrogens (primary N) is 1. The highest BCUT2D eigenvalue weighted by molar-refractivity contribution is 7.90. The van der Waals surface area contributed by atoms with E-state index in [1.807, 2.05) is 58.4 Å². The van der Waals surface area contributed by atoms with E-state index in [1.54, 1.807) is 6.07 Å². The highest BCUT2D eigenvalue weighted by atomic mass is 32.2. The number of aryl methyl sites for hydroxylation is 3. The second kappa shape index (κ2) is 9.02. The molecule has 0 atom stereocenters. The number of nitrogen functional groups attached to an aromatic ring is 1. The molecule has 0 aliphatic carbocycles. The number of nitrogens with one attached hydrogen (secondary N) is 1. The van der Waals surface area contributed by atoms with Gasteiger partial charge in [-0.1, -0.05) is 38.5 Å². The molecule has 0 aliphatic heterocycles. The number of benzene rings is 1. The van der Waals surface area contributed by atoms with Crippen molar-refractivity contribution in [2.75, 3.05) is 5.73 Å². The van der Waals surface area contributed by atoms with E-state index >= 15 is 0 Å². The standard InChI is InChI=1S/C24H27FN4O4S/c1-13-11-14(2)20(15(3)12-13)33-22-16(7-9-18(27-22)24(4,5)6)21(30)29-34(31,32)23-17(25)8-10-19(26)28-23/h7-12H,1-6H3,(H2,26,28)(H,29,30). The predicted octanol–water partition coefficient (Wildman–Crippen LogP) is 4.33. The molecule has 0 aliphatic rings. The topological polar surface area (TPSA) is 124 Å². The third kappa shape index (κ3) is 5.33. The molecule has 1 amide bonds. The van der Waals surface area contributed by atoms with Crippen LogP contribution in [0.1, 0.15) is 53.5 Å². The van der Waals surface area contributed by atoms with Gasteiger partial charge in [-0.2, -0.15) is 8.42 Å². The maximum atomic E-state index is 14.1. The Morgan fingerprint density at radius 3 is 2.24 bits per heavy atom. The van der Waals surface area contributed by atoms with Gasteiger partial charge in [-0.05, 0) is 56.2 Å². The minimum absolute atomic E-state index is 0.0730. The zero-order valence-corrected chi connectivity index (χ0v) is 20.7. The number of halogens is 1. The molecule has 0 saturated carbocycles. The van der Waals surface area contributed by atoms with E-state index in [9.17, 15) is 17.6 Å². The van der Waals surface area contributed by atoms with E-state index < -0.39 is 26.8 Å². The summed E-state index contributed by atoms with van der Waals surface area (Å²) in [6.45, 7) is 11.5. The molecule has 180 valence electrons. The fourth-order valence-corrected chi connectivity index (χ4v) is 4.39. The van der Waals surface area contributed by atoms with Crippen molar-refractivity contribution in [3.05, 3.63) is 70.2 Å². The first kappa shape index (κ1) is 25.1. The second-order valence-corrected chi connectivity index (χ2v) is 10.7. The first-order valence-electron chi connectivity index (χ1n) is 10.5. The summed E-state index contributed by atoms with van der Waals surface area (Å²) in [6.07, 6.45) is 0. The quantitative estimate of drug-likeness (QED) is 0.550.